The minimum atomic E-state index is -1.17. The molecular weight excluding hydrogens is 248 g/mol. The van der Waals surface area contributed by atoms with Crippen LogP contribution in [0.1, 0.15) is 6.92 Å². The lowest BCUT2D eigenvalue weighted by Gasteiger charge is -2.44. The Kier molecular flexibility index (Phi) is 2.56. The first-order valence-corrected chi connectivity index (χ1v) is 5.59. The molecular formula is C10H12O8. The van der Waals surface area contributed by atoms with Crippen molar-refractivity contribution in [2.75, 3.05) is 19.8 Å². The van der Waals surface area contributed by atoms with Crippen LogP contribution in [0.5, 0.6) is 0 Å². The summed E-state index contributed by atoms with van der Waals surface area (Å²) in [6.45, 7) is 2.28. The molecule has 3 heterocycles. The first-order chi connectivity index (χ1) is 8.60. The molecule has 100 valence electrons. The van der Waals surface area contributed by atoms with E-state index >= 15 is 0 Å². The third-order valence-corrected chi connectivity index (χ3v) is 3.12. The first kappa shape index (κ1) is 11.5. The van der Waals surface area contributed by atoms with E-state index in [4.69, 9.17) is 23.7 Å². The van der Waals surface area contributed by atoms with E-state index in [0.29, 0.717) is 6.61 Å². The average molecular weight is 260 g/mol. The molecule has 1 spiro atoms. The second-order valence-corrected chi connectivity index (χ2v) is 4.27. The van der Waals surface area contributed by atoms with Gasteiger partial charge in [-0.15, -0.1) is 0 Å². The van der Waals surface area contributed by atoms with Gasteiger partial charge in [-0.1, -0.05) is 0 Å². The Hall–Kier alpha value is -1.54. The highest BCUT2D eigenvalue weighted by Gasteiger charge is 2.63. The number of carbonyl (C=O) groups is 2. The predicted octanol–water partition coefficient (Wildman–Crippen LogP) is 0.189. The molecule has 8 heteroatoms. The van der Waals surface area contributed by atoms with E-state index in [0.717, 1.165) is 0 Å². The number of ether oxygens (including phenoxy) is 6. The molecule has 0 aromatic heterocycles. The van der Waals surface area contributed by atoms with Crippen molar-refractivity contribution >= 4 is 12.3 Å². The molecule has 0 aromatic rings. The predicted molar refractivity (Wildman–Crippen MR) is 51.7 cm³/mol. The monoisotopic (exact) mass is 260 g/mol. The lowest BCUT2D eigenvalue weighted by Crippen LogP contribution is -2.64. The summed E-state index contributed by atoms with van der Waals surface area (Å²) in [7, 11) is 0. The van der Waals surface area contributed by atoms with E-state index in [1.54, 1.807) is 6.92 Å². The highest BCUT2D eigenvalue weighted by Crippen LogP contribution is 2.40. The number of cyclic esters (lactones) is 3. The molecule has 0 aromatic carbocycles. The van der Waals surface area contributed by atoms with Crippen LogP contribution in [0.4, 0.5) is 9.59 Å². The van der Waals surface area contributed by atoms with Gasteiger partial charge in [0.2, 0.25) is 0 Å². The summed E-state index contributed by atoms with van der Waals surface area (Å²) in [6, 6.07) is 0. The molecule has 0 radical (unpaired) electrons. The van der Waals surface area contributed by atoms with Crippen LogP contribution in [0.25, 0.3) is 0 Å². The molecule has 3 fully saturated rings. The van der Waals surface area contributed by atoms with Crippen LogP contribution >= 0.6 is 0 Å². The normalized spacial score (nSPS) is 41.9. The van der Waals surface area contributed by atoms with Crippen LogP contribution < -0.4 is 0 Å². The van der Waals surface area contributed by atoms with E-state index in [-0.39, 0.29) is 13.2 Å². The highest BCUT2D eigenvalue weighted by atomic mass is 16.9. The molecule has 4 atom stereocenters. The van der Waals surface area contributed by atoms with Gasteiger partial charge in [0.05, 0.1) is 13.2 Å². The SMILES string of the molecule is CC1OC(=O)OC12OCC2OCC1COC(=O)O1. The van der Waals surface area contributed by atoms with Gasteiger partial charge in [0.1, 0.15) is 6.61 Å². The van der Waals surface area contributed by atoms with Gasteiger partial charge in [-0.3, -0.25) is 0 Å². The maximum atomic E-state index is 11.0. The largest absolute Gasteiger partial charge is 0.511 e. The lowest BCUT2D eigenvalue weighted by molar-refractivity contribution is -0.353. The van der Waals surface area contributed by atoms with Crippen molar-refractivity contribution in [1.82, 2.24) is 0 Å². The van der Waals surface area contributed by atoms with Gasteiger partial charge in [0.25, 0.3) is 5.79 Å². The average Bonchev–Trinajstić information content (AvgIpc) is 2.82. The number of rotatable bonds is 3. The Labute approximate surface area is 102 Å². The van der Waals surface area contributed by atoms with Crippen LogP contribution in [0.3, 0.4) is 0 Å². The van der Waals surface area contributed by atoms with E-state index in [9.17, 15) is 9.59 Å². The quantitative estimate of drug-likeness (QED) is 0.664. The molecule has 0 saturated carbocycles. The van der Waals surface area contributed by atoms with E-state index in [2.05, 4.69) is 4.74 Å². The molecule has 3 aliphatic rings. The lowest BCUT2D eigenvalue weighted by atomic mass is 10.00. The summed E-state index contributed by atoms with van der Waals surface area (Å²) in [5.41, 5.74) is 0. The van der Waals surface area contributed by atoms with Crippen LogP contribution in [-0.4, -0.2) is 56.2 Å². The van der Waals surface area contributed by atoms with Crippen molar-refractivity contribution in [2.45, 2.75) is 31.0 Å². The maximum Gasteiger partial charge on any atom is 0.511 e. The smallest absolute Gasteiger partial charge is 0.430 e. The molecule has 3 saturated heterocycles. The first-order valence-electron chi connectivity index (χ1n) is 5.59. The number of hydrogen-bond donors (Lipinski definition) is 0. The van der Waals surface area contributed by atoms with Gasteiger partial charge < -0.3 is 28.4 Å². The molecule has 0 N–H and O–H groups in total. The van der Waals surface area contributed by atoms with E-state index in [1.807, 2.05) is 0 Å². The van der Waals surface area contributed by atoms with Crippen molar-refractivity contribution in [2.24, 2.45) is 0 Å². The van der Waals surface area contributed by atoms with E-state index in [1.165, 1.54) is 0 Å². The highest BCUT2D eigenvalue weighted by molar-refractivity contribution is 5.63. The Bertz CT molecular complexity index is 382. The summed E-state index contributed by atoms with van der Waals surface area (Å²) in [6.07, 6.45) is -2.88. The van der Waals surface area contributed by atoms with Gasteiger partial charge in [0.15, 0.2) is 18.3 Å². The van der Waals surface area contributed by atoms with Crippen molar-refractivity contribution in [3.05, 3.63) is 0 Å². The minimum Gasteiger partial charge on any atom is -0.430 e. The number of hydrogen-bond acceptors (Lipinski definition) is 8. The summed E-state index contributed by atoms with van der Waals surface area (Å²) < 4.78 is 30.1. The molecule has 0 aliphatic carbocycles. The van der Waals surface area contributed by atoms with Crippen LogP contribution in [0.15, 0.2) is 0 Å². The molecule has 4 unspecified atom stereocenters. The standard InChI is InChI=1S/C10H12O8/c1-5-10(18-9(12)16-5)7(4-15-10)13-2-6-3-14-8(11)17-6/h5-7H,2-4H2,1H3. The van der Waals surface area contributed by atoms with Gasteiger partial charge in [-0.25, -0.2) is 9.59 Å². The number of carbonyl (C=O) groups excluding carboxylic acids is 2. The second kappa shape index (κ2) is 3.99. The molecule has 18 heavy (non-hydrogen) atoms. The second-order valence-electron chi connectivity index (χ2n) is 4.27. The zero-order chi connectivity index (χ0) is 12.8. The minimum absolute atomic E-state index is 0.158. The summed E-state index contributed by atoms with van der Waals surface area (Å²) in [4.78, 5) is 21.8. The summed E-state index contributed by atoms with van der Waals surface area (Å²) >= 11 is 0. The Balaban J connectivity index is 1.54. The van der Waals surface area contributed by atoms with Crippen molar-refractivity contribution in [1.29, 1.82) is 0 Å². The Morgan fingerprint density at radius 3 is 2.61 bits per heavy atom. The third kappa shape index (κ3) is 1.68. The maximum absolute atomic E-state index is 11.0. The van der Waals surface area contributed by atoms with Crippen molar-refractivity contribution in [3.8, 4) is 0 Å². The van der Waals surface area contributed by atoms with Crippen LogP contribution in [0, 0.1) is 0 Å². The Morgan fingerprint density at radius 2 is 2.11 bits per heavy atom. The van der Waals surface area contributed by atoms with E-state index < -0.39 is 36.4 Å². The van der Waals surface area contributed by atoms with Gasteiger partial charge in [-0.2, -0.15) is 0 Å². The van der Waals surface area contributed by atoms with Crippen LogP contribution in [-0.2, 0) is 28.4 Å². The molecule has 0 bridgehead atoms. The summed E-state index contributed by atoms with van der Waals surface area (Å²) in [5.74, 6) is -1.17. The summed E-state index contributed by atoms with van der Waals surface area (Å²) in [5, 5.41) is 0. The fourth-order valence-corrected chi connectivity index (χ4v) is 2.09. The van der Waals surface area contributed by atoms with Gasteiger partial charge in [-0.05, 0) is 6.92 Å². The van der Waals surface area contributed by atoms with Crippen molar-refractivity contribution < 1.29 is 38.0 Å². The fourth-order valence-electron chi connectivity index (χ4n) is 2.09. The topological polar surface area (TPSA) is 89.5 Å². The molecule has 8 nitrogen and oxygen atoms in total. The molecule has 0 amide bonds. The van der Waals surface area contributed by atoms with Gasteiger partial charge >= 0.3 is 12.3 Å². The zero-order valence-electron chi connectivity index (χ0n) is 9.62. The molecule has 3 rings (SSSR count). The zero-order valence-corrected chi connectivity index (χ0v) is 9.62. The Morgan fingerprint density at radius 1 is 1.28 bits per heavy atom. The van der Waals surface area contributed by atoms with Gasteiger partial charge in [0, 0.05) is 0 Å². The third-order valence-electron chi connectivity index (χ3n) is 3.12. The molecule has 3 aliphatic heterocycles. The fraction of sp³-hybridized carbons (Fsp3) is 0.800. The van der Waals surface area contributed by atoms with Crippen LogP contribution in [0.2, 0.25) is 0 Å². The van der Waals surface area contributed by atoms with Crippen molar-refractivity contribution in [3.63, 3.8) is 0 Å².